The molecule has 0 heterocycles. The van der Waals surface area contributed by atoms with E-state index < -0.39 is 26.8 Å². The molecule has 98 valence electrons. The first kappa shape index (κ1) is 15.9. The number of carbonyl (C=O) groups is 1. The standard InChI is InChI=1S/C11H18O5S/c1-4-9-17(13,14)10(5-2)11(12)16-8-7-15-6-3/h1,10H,5-9H2,2-3H3. The van der Waals surface area contributed by atoms with Gasteiger partial charge in [0.15, 0.2) is 15.1 Å². The summed E-state index contributed by atoms with van der Waals surface area (Å²) < 4.78 is 33.0. The van der Waals surface area contributed by atoms with Crippen LogP contribution in [0.15, 0.2) is 0 Å². The Hall–Kier alpha value is -1.06. The predicted molar refractivity (Wildman–Crippen MR) is 64.2 cm³/mol. The third-order valence-electron chi connectivity index (χ3n) is 2.03. The molecule has 0 aliphatic heterocycles. The second-order valence-electron chi connectivity index (χ2n) is 3.27. The molecule has 0 aliphatic carbocycles. The second-order valence-corrected chi connectivity index (χ2v) is 5.46. The third-order valence-corrected chi connectivity index (χ3v) is 3.99. The number of terminal acetylenes is 1. The van der Waals surface area contributed by atoms with E-state index in [0.717, 1.165) is 0 Å². The van der Waals surface area contributed by atoms with Gasteiger partial charge in [0.25, 0.3) is 0 Å². The van der Waals surface area contributed by atoms with E-state index in [2.05, 4.69) is 0 Å². The van der Waals surface area contributed by atoms with Crippen LogP contribution >= 0.6 is 0 Å². The summed E-state index contributed by atoms with van der Waals surface area (Å²) in [7, 11) is -3.62. The van der Waals surface area contributed by atoms with Gasteiger partial charge in [0.2, 0.25) is 0 Å². The number of rotatable bonds is 8. The van der Waals surface area contributed by atoms with Crippen LogP contribution in [0, 0.1) is 12.3 Å². The molecule has 0 rings (SSSR count). The summed E-state index contributed by atoms with van der Waals surface area (Å²) in [5.74, 6) is 0.820. The van der Waals surface area contributed by atoms with Crippen molar-refractivity contribution >= 4 is 15.8 Å². The van der Waals surface area contributed by atoms with Crippen molar-refractivity contribution in [2.75, 3.05) is 25.6 Å². The Kier molecular flexibility index (Phi) is 7.59. The van der Waals surface area contributed by atoms with Crippen LogP contribution in [0.1, 0.15) is 20.3 Å². The first-order valence-corrected chi connectivity index (χ1v) is 7.10. The van der Waals surface area contributed by atoms with E-state index >= 15 is 0 Å². The van der Waals surface area contributed by atoms with Crippen LogP contribution in [-0.2, 0) is 24.1 Å². The first-order valence-electron chi connectivity index (χ1n) is 5.39. The van der Waals surface area contributed by atoms with Crippen molar-refractivity contribution in [1.29, 1.82) is 0 Å². The van der Waals surface area contributed by atoms with Crippen molar-refractivity contribution in [3.05, 3.63) is 0 Å². The summed E-state index contributed by atoms with van der Waals surface area (Å²) >= 11 is 0. The molecule has 5 nitrogen and oxygen atoms in total. The van der Waals surface area contributed by atoms with Gasteiger partial charge < -0.3 is 9.47 Å². The zero-order chi connectivity index (χ0) is 13.3. The SMILES string of the molecule is C#CCS(=O)(=O)C(CC)C(=O)OCCOCC. The monoisotopic (exact) mass is 262 g/mol. The Morgan fingerprint density at radius 3 is 2.47 bits per heavy atom. The number of sulfone groups is 1. The Morgan fingerprint density at radius 2 is 2.00 bits per heavy atom. The maximum atomic E-state index is 11.6. The minimum Gasteiger partial charge on any atom is -0.462 e. The van der Waals surface area contributed by atoms with E-state index in [1.165, 1.54) is 0 Å². The molecule has 17 heavy (non-hydrogen) atoms. The summed E-state index contributed by atoms with van der Waals surface area (Å²) in [6.45, 7) is 4.24. The van der Waals surface area contributed by atoms with Crippen molar-refractivity contribution < 1.29 is 22.7 Å². The molecular weight excluding hydrogens is 244 g/mol. The van der Waals surface area contributed by atoms with E-state index in [0.29, 0.717) is 6.61 Å². The van der Waals surface area contributed by atoms with Crippen LogP contribution in [-0.4, -0.2) is 45.2 Å². The van der Waals surface area contributed by atoms with Gasteiger partial charge in [0, 0.05) is 6.61 Å². The normalized spacial score (nSPS) is 12.8. The fourth-order valence-corrected chi connectivity index (χ4v) is 2.53. The van der Waals surface area contributed by atoms with Crippen molar-refractivity contribution in [2.24, 2.45) is 0 Å². The lowest BCUT2D eigenvalue weighted by Gasteiger charge is -2.13. The average Bonchev–Trinajstić information content (AvgIpc) is 2.24. The molecular formula is C11H18O5S. The van der Waals surface area contributed by atoms with Crippen molar-refractivity contribution in [3.8, 4) is 12.3 Å². The minimum atomic E-state index is -3.62. The van der Waals surface area contributed by atoms with Gasteiger partial charge in [-0.3, -0.25) is 4.79 Å². The molecule has 0 spiro atoms. The Balaban J connectivity index is 4.37. The summed E-state index contributed by atoms with van der Waals surface area (Å²) in [5.41, 5.74) is 0. The fourth-order valence-electron chi connectivity index (χ4n) is 1.22. The van der Waals surface area contributed by atoms with E-state index in [1.807, 2.05) is 12.8 Å². The van der Waals surface area contributed by atoms with Crippen LogP contribution in [0.25, 0.3) is 0 Å². The van der Waals surface area contributed by atoms with Gasteiger partial charge in [-0.15, -0.1) is 6.42 Å². The predicted octanol–water partition coefficient (Wildman–Crippen LogP) is 0.393. The topological polar surface area (TPSA) is 69.7 Å². The largest absolute Gasteiger partial charge is 0.462 e. The molecule has 1 unspecified atom stereocenters. The van der Waals surface area contributed by atoms with Crippen LogP contribution in [0.2, 0.25) is 0 Å². The number of hydrogen-bond acceptors (Lipinski definition) is 5. The molecule has 0 aliphatic rings. The summed E-state index contributed by atoms with van der Waals surface area (Å²) in [6, 6.07) is 0. The smallest absolute Gasteiger partial charge is 0.324 e. The maximum absolute atomic E-state index is 11.6. The Bertz CT molecular complexity index is 366. The fraction of sp³-hybridized carbons (Fsp3) is 0.727. The lowest BCUT2D eigenvalue weighted by Crippen LogP contribution is -2.33. The molecule has 0 aromatic carbocycles. The number of esters is 1. The highest BCUT2D eigenvalue weighted by Gasteiger charge is 2.31. The van der Waals surface area contributed by atoms with Crippen LogP contribution in [0.4, 0.5) is 0 Å². The molecule has 1 atom stereocenters. The molecule has 0 saturated carbocycles. The van der Waals surface area contributed by atoms with Gasteiger partial charge in [-0.25, -0.2) is 8.42 Å². The van der Waals surface area contributed by atoms with E-state index in [-0.39, 0.29) is 19.6 Å². The lowest BCUT2D eigenvalue weighted by atomic mass is 10.3. The number of carbonyl (C=O) groups excluding carboxylic acids is 1. The second kappa shape index (κ2) is 8.09. The van der Waals surface area contributed by atoms with Gasteiger partial charge in [0.05, 0.1) is 6.61 Å². The molecule has 0 amide bonds. The van der Waals surface area contributed by atoms with E-state index in [4.69, 9.17) is 15.9 Å². The molecule has 0 saturated heterocycles. The zero-order valence-electron chi connectivity index (χ0n) is 10.1. The van der Waals surface area contributed by atoms with Crippen molar-refractivity contribution in [1.82, 2.24) is 0 Å². The van der Waals surface area contributed by atoms with E-state index in [1.54, 1.807) is 6.92 Å². The quantitative estimate of drug-likeness (QED) is 0.359. The molecule has 0 N–H and O–H groups in total. The van der Waals surface area contributed by atoms with Crippen LogP contribution in [0.3, 0.4) is 0 Å². The number of ether oxygens (including phenoxy) is 2. The van der Waals surface area contributed by atoms with Gasteiger partial charge in [-0.2, -0.15) is 0 Å². The summed E-state index contributed by atoms with van der Waals surface area (Å²) in [6.07, 6.45) is 5.10. The molecule has 0 aromatic heterocycles. The summed E-state index contributed by atoms with van der Waals surface area (Å²) in [4.78, 5) is 11.5. The molecule has 0 aromatic rings. The van der Waals surface area contributed by atoms with Gasteiger partial charge in [-0.05, 0) is 13.3 Å². The minimum absolute atomic E-state index is 0.0503. The zero-order valence-corrected chi connectivity index (χ0v) is 11.0. The highest BCUT2D eigenvalue weighted by atomic mass is 32.2. The van der Waals surface area contributed by atoms with E-state index in [9.17, 15) is 13.2 Å². The summed E-state index contributed by atoms with van der Waals surface area (Å²) in [5, 5.41) is -1.18. The number of hydrogen-bond donors (Lipinski definition) is 0. The van der Waals surface area contributed by atoms with Crippen LogP contribution < -0.4 is 0 Å². The van der Waals surface area contributed by atoms with Gasteiger partial charge in [-0.1, -0.05) is 12.8 Å². The molecule has 6 heteroatoms. The Morgan fingerprint density at radius 1 is 1.35 bits per heavy atom. The van der Waals surface area contributed by atoms with Crippen molar-refractivity contribution in [2.45, 2.75) is 25.5 Å². The maximum Gasteiger partial charge on any atom is 0.324 e. The van der Waals surface area contributed by atoms with Crippen molar-refractivity contribution in [3.63, 3.8) is 0 Å². The lowest BCUT2D eigenvalue weighted by molar-refractivity contribution is -0.144. The average molecular weight is 262 g/mol. The Labute approximate surface area is 102 Å². The van der Waals surface area contributed by atoms with Gasteiger partial charge >= 0.3 is 5.97 Å². The van der Waals surface area contributed by atoms with Gasteiger partial charge in [0.1, 0.15) is 12.4 Å². The van der Waals surface area contributed by atoms with Crippen LogP contribution in [0.5, 0.6) is 0 Å². The highest BCUT2D eigenvalue weighted by Crippen LogP contribution is 2.09. The molecule has 0 fully saturated rings. The third kappa shape index (κ3) is 5.71. The first-order chi connectivity index (χ1) is 7.99. The molecule has 0 radical (unpaired) electrons. The molecule has 0 bridgehead atoms. The highest BCUT2D eigenvalue weighted by molar-refractivity contribution is 7.92.